The number of rotatable bonds is 5. The van der Waals surface area contributed by atoms with Crippen LogP contribution < -0.4 is 11.1 Å². The summed E-state index contributed by atoms with van der Waals surface area (Å²) in [7, 11) is 0. The third kappa shape index (κ3) is 4.23. The lowest BCUT2D eigenvalue weighted by Crippen LogP contribution is -2.40. The Bertz CT molecular complexity index is 272. The third-order valence-corrected chi connectivity index (χ3v) is 3.92. The number of nitrogens with one attached hydrogen (secondary N) is 1. The Morgan fingerprint density at radius 2 is 2.00 bits per heavy atom. The predicted octanol–water partition coefficient (Wildman–Crippen LogP) is -0.378. The Morgan fingerprint density at radius 3 is 2.72 bits per heavy atom. The number of amides is 1. The average Bonchev–Trinajstić information content (AvgIpc) is 2.63. The van der Waals surface area contributed by atoms with Gasteiger partial charge in [0.15, 0.2) is 0 Å². The van der Waals surface area contributed by atoms with Gasteiger partial charge in [0.05, 0.1) is 0 Å². The van der Waals surface area contributed by atoms with Crippen molar-refractivity contribution in [3.05, 3.63) is 0 Å². The Balaban J connectivity index is 1.70. The highest BCUT2D eigenvalue weighted by molar-refractivity contribution is 5.78. The molecule has 2 aliphatic heterocycles. The molecular formula is C13H26N4O. The van der Waals surface area contributed by atoms with Crippen molar-refractivity contribution in [2.45, 2.75) is 31.7 Å². The fraction of sp³-hybridized carbons (Fsp3) is 0.923. The summed E-state index contributed by atoms with van der Waals surface area (Å²) in [6.45, 7) is 7.55. The predicted molar refractivity (Wildman–Crippen MR) is 72.3 cm³/mol. The molecule has 0 spiro atoms. The lowest BCUT2D eigenvalue weighted by molar-refractivity contribution is -0.119. The summed E-state index contributed by atoms with van der Waals surface area (Å²) in [5.74, 6) is 0.222. The van der Waals surface area contributed by atoms with Gasteiger partial charge >= 0.3 is 0 Å². The average molecular weight is 254 g/mol. The van der Waals surface area contributed by atoms with E-state index in [4.69, 9.17) is 5.73 Å². The molecule has 5 nitrogen and oxygen atoms in total. The van der Waals surface area contributed by atoms with E-state index in [0.717, 1.165) is 52.1 Å². The summed E-state index contributed by atoms with van der Waals surface area (Å²) in [4.78, 5) is 16.2. The number of carbonyl (C=O) groups is 1. The zero-order chi connectivity index (χ0) is 12.8. The van der Waals surface area contributed by atoms with Gasteiger partial charge in [-0.05, 0) is 45.4 Å². The van der Waals surface area contributed by atoms with E-state index in [1.807, 2.05) is 0 Å². The maximum atomic E-state index is 11.2. The van der Waals surface area contributed by atoms with Crippen LogP contribution in [-0.2, 0) is 4.79 Å². The monoisotopic (exact) mass is 254 g/mol. The second kappa shape index (κ2) is 7.07. The van der Waals surface area contributed by atoms with Crippen LogP contribution in [0.15, 0.2) is 0 Å². The summed E-state index contributed by atoms with van der Waals surface area (Å²) < 4.78 is 0. The highest BCUT2D eigenvalue weighted by atomic mass is 16.1. The number of carbonyl (C=O) groups excluding carboxylic acids is 1. The van der Waals surface area contributed by atoms with Gasteiger partial charge in [-0.2, -0.15) is 0 Å². The standard InChI is InChI=1S/C13H26N4O/c14-5-1-6-16-7-2-8-17(10-9-16)11-12-3-4-13(18)15-12/h12H,1-11,14H2,(H,15,18). The normalized spacial score (nSPS) is 27.2. The molecule has 2 aliphatic rings. The minimum absolute atomic E-state index is 0.222. The van der Waals surface area contributed by atoms with Crippen LogP contribution in [0.4, 0.5) is 0 Å². The molecule has 2 fully saturated rings. The first-order chi connectivity index (χ1) is 8.78. The molecule has 0 aromatic rings. The van der Waals surface area contributed by atoms with Crippen molar-refractivity contribution in [1.29, 1.82) is 0 Å². The van der Waals surface area contributed by atoms with Crippen LogP contribution in [0.2, 0.25) is 0 Å². The van der Waals surface area contributed by atoms with Crippen LogP contribution in [0.3, 0.4) is 0 Å². The Kier molecular flexibility index (Phi) is 5.41. The summed E-state index contributed by atoms with van der Waals surface area (Å²) in [5.41, 5.74) is 5.56. The van der Waals surface area contributed by atoms with Crippen LogP contribution >= 0.6 is 0 Å². The maximum Gasteiger partial charge on any atom is 0.220 e. The lowest BCUT2D eigenvalue weighted by atomic mass is 10.2. The summed E-state index contributed by atoms with van der Waals surface area (Å²) in [6, 6.07) is 0.382. The van der Waals surface area contributed by atoms with Gasteiger partial charge in [-0.1, -0.05) is 0 Å². The molecule has 104 valence electrons. The minimum Gasteiger partial charge on any atom is -0.352 e. The highest BCUT2D eigenvalue weighted by Crippen LogP contribution is 2.10. The Hall–Kier alpha value is -0.650. The van der Waals surface area contributed by atoms with E-state index in [0.29, 0.717) is 12.5 Å². The van der Waals surface area contributed by atoms with Crippen LogP contribution in [0.1, 0.15) is 25.7 Å². The van der Waals surface area contributed by atoms with E-state index in [1.165, 1.54) is 13.0 Å². The molecule has 0 radical (unpaired) electrons. The van der Waals surface area contributed by atoms with E-state index in [1.54, 1.807) is 0 Å². The summed E-state index contributed by atoms with van der Waals surface area (Å²) >= 11 is 0. The molecule has 2 saturated heterocycles. The molecule has 0 aromatic carbocycles. The van der Waals surface area contributed by atoms with Gasteiger partial charge < -0.3 is 16.0 Å². The SMILES string of the molecule is NCCCN1CCCN(CC2CCC(=O)N2)CC1. The van der Waals surface area contributed by atoms with Gasteiger partial charge in [-0.25, -0.2) is 0 Å². The largest absolute Gasteiger partial charge is 0.352 e. The lowest BCUT2D eigenvalue weighted by Gasteiger charge is -2.24. The molecule has 0 aliphatic carbocycles. The van der Waals surface area contributed by atoms with Gasteiger partial charge in [0.25, 0.3) is 0 Å². The zero-order valence-electron chi connectivity index (χ0n) is 11.2. The van der Waals surface area contributed by atoms with Gasteiger partial charge in [0.2, 0.25) is 5.91 Å². The fourth-order valence-corrected chi connectivity index (χ4v) is 2.87. The van der Waals surface area contributed by atoms with Crippen molar-refractivity contribution in [2.75, 3.05) is 45.8 Å². The molecule has 1 unspecified atom stereocenters. The molecule has 0 aromatic heterocycles. The fourth-order valence-electron chi connectivity index (χ4n) is 2.87. The minimum atomic E-state index is 0.222. The number of hydrogen-bond donors (Lipinski definition) is 2. The van der Waals surface area contributed by atoms with Gasteiger partial charge in [-0.15, -0.1) is 0 Å². The van der Waals surface area contributed by atoms with Crippen molar-refractivity contribution >= 4 is 5.91 Å². The van der Waals surface area contributed by atoms with E-state index in [9.17, 15) is 4.79 Å². The molecule has 1 atom stereocenters. The first kappa shape index (κ1) is 13.8. The van der Waals surface area contributed by atoms with E-state index < -0.39 is 0 Å². The molecule has 2 rings (SSSR count). The second-order valence-corrected chi connectivity index (χ2v) is 5.44. The van der Waals surface area contributed by atoms with Crippen LogP contribution in [0.25, 0.3) is 0 Å². The van der Waals surface area contributed by atoms with Crippen molar-refractivity contribution < 1.29 is 4.79 Å². The van der Waals surface area contributed by atoms with Crippen LogP contribution in [0.5, 0.6) is 0 Å². The number of hydrogen-bond acceptors (Lipinski definition) is 4. The summed E-state index contributed by atoms with van der Waals surface area (Å²) in [6.07, 6.45) is 4.04. The van der Waals surface area contributed by atoms with Crippen LogP contribution in [0, 0.1) is 0 Å². The first-order valence-electron chi connectivity index (χ1n) is 7.22. The first-order valence-corrected chi connectivity index (χ1v) is 7.22. The van der Waals surface area contributed by atoms with Crippen molar-refractivity contribution in [2.24, 2.45) is 5.73 Å². The Morgan fingerprint density at radius 1 is 1.22 bits per heavy atom. The molecular weight excluding hydrogens is 228 g/mol. The second-order valence-electron chi connectivity index (χ2n) is 5.44. The van der Waals surface area contributed by atoms with E-state index in [2.05, 4.69) is 15.1 Å². The topological polar surface area (TPSA) is 61.6 Å². The quantitative estimate of drug-likeness (QED) is 0.702. The Labute approximate surface area is 110 Å². The maximum absolute atomic E-state index is 11.2. The summed E-state index contributed by atoms with van der Waals surface area (Å²) in [5, 5.41) is 3.06. The molecule has 2 heterocycles. The van der Waals surface area contributed by atoms with Crippen molar-refractivity contribution in [1.82, 2.24) is 15.1 Å². The van der Waals surface area contributed by atoms with E-state index in [-0.39, 0.29) is 5.91 Å². The van der Waals surface area contributed by atoms with Crippen molar-refractivity contribution in [3.8, 4) is 0 Å². The number of nitrogens with zero attached hydrogens (tertiary/aromatic N) is 2. The number of nitrogens with two attached hydrogens (primary N) is 1. The molecule has 1 amide bonds. The highest BCUT2D eigenvalue weighted by Gasteiger charge is 2.24. The van der Waals surface area contributed by atoms with Gasteiger partial charge in [0.1, 0.15) is 0 Å². The molecule has 5 heteroatoms. The smallest absolute Gasteiger partial charge is 0.220 e. The molecule has 0 bridgehead atoms. The molecule has 3 N–H and O–H groups in total. The molecule has 18 heavy (non-hydrogen) atoms. The zero-order valence-corrected chi connectivity index (χ0v) is 11.2. The van der Waals surface area contributed by atoms with Gasteiger partial charge in [0, 0.05) is 32.1 Å². The third-order valence-electron chi connectivity index (χ3n) is 3.92. The van der Waals surface area contributed by atoms with Gasteiger partial charge in [-0.3, -0.25) is 9.69 Å². The molecule has 0 saturated carbocycles. The van der Waals surface area contributed by atoms with Crippen molar-refractivity contribution in [3.63, 3.8) is 0 Å². The van der Waals surface area contributed by atoms with E-state index >= 15 is 0 Å². The van der Waals surface area contributed by atoms with Crippen LogP contribution in [-0.4, -0.2) is 67.6 Å².